The number of ether oxygens (including phenoxy) is 2. The molecule has 0 aliphatic carbocycles. The van der Waals surface area contributed by atoms with Crippen molar-refractivity contribution in [1.82, 2.24) is 14.7 Å². The summed E-state index contributed by atoms with van der Waals surface area (Å²) in [7, 11) is 0. The van der Waals surface area contributed by atoms with Crippen LogP contribution < -0.4 is 10.1 Å². The Morgan fingerprint density at radius 2 is 2.17 bits per heavy atom. The first-order valence-electron chi connectivity index (χ1n) is 9.66. The molecule has 1 aromatic carbocycles. The van der Waals surface area contributed by atoms with Gasteiger partial charge < -0.3 is 19.7 Å². The number of rotatable bonds is 8. The fourth-order valence-electron chi connectivity index (χ4n) is 3.29. The second-order valence-electron chi connectivity index (χ2n) is 7.20. The predicted octanol–water partition coefficient (Wildman–Crippen LogP) is 3.35. The molecule has 1 saturated heterocycles. The number of nitrogens with zero attached hydrogens (tertiary/aromatic N) is 3. The molecule has 1 N–H and O–H groups in total. The lowest BCUT2D eigenvalue weighted by atomic mass is 10.2. The van der Waals surface area contributed by atoms with Crippen LogP contribution >= 0.6 is 11.6 Å². The van der Waals surface area contributed by atoms with E-state index in [0.29, 0.717) is 37.0 Å². The Balaban J connectivity index is 1.52. The SMILES string of the molecule is C=CCOc1ccc(CNc2cnn(CC(=O)N3C[C@@H](C)O[C@@H](C)C3)c2)cc1Cl. The third-order valence-electron chi connectivity index (χ3n) is 4.55. The Morgan fingerprint density at radius 3 is 2.86 bits per heavy atom. The van der Waals surface area contributed by atoms with E-state index >= 15 is 0 Å². The molecule has 156 valence electrons. The second-order valence-corrected chi connectivity index (χ2v) is 7.61. The van der Waals surface area contributed by atoms with E-state index in [2.05, 4.69) is 17.0 Å². The molecule has 2 atom stereocenters. The van der Waals surface area contributed by atoms with E-state index in [1.807, 2.05) is 43.1 Å². The number of aromatic nitrogens is 2. The fraction of sp³-hybridized carbons (Fsp3) is 0.429. The summed E-state index contributed by atoms with van der Waals surface area (Å²) < 4.78 is 12.8. The zero-order valence-corrected chi connectivity index (χ0v) is 17.6. The van der Waals surface area contributed by atoms with Gasteiger partial charge in [0, 0.05) is 25.8 Å². The molecule has 0 bridgehead atoms. The maximum Gasteiger partial charge on any atom is 0.244 e. The van der Waals surface area contributed by atoms with Gasteiger partial charge in [0.15, 0.2) is 0 Å². The van der Waals surface area contributed by atoms with Gasteiger partial charge in [-0.1, -0.05) is 30.3 Å². The van der Waals surface area contributed by atoms with Crippen molar-refractivity contribution in [3.63, 3.8) is 0 Å². The van der Waals surface area contributed by atoms with Gasteiger partial charge in [0.1, 0.15) is 18.9 Å². The number of morpholine rings is 1. The summed E-state index contributed by atoms with van der Waals surface area (Å²) in [5, 5.41) is 8.14. The van der Waals surface area contributed by atoms with Gasteiger partial charge in [-0.25, -0.2) is 0 Å². The summed E-state index contributed by atoms with van der Waals surface area (Å²) in [5.74, 6) is 0.678. The number of halogens is 1. The quantitative estimate of drug-likeness (QED) is 0.666. The lowest BCUT2D eigenvalue weighted by molar-refractivity contribution is -0.144. The molecule has 2 aromatic rings. The van der Waals surface area contributed by atoms with Gasteiger partial charge in [-0.3, -0.25) is 9.48 Å². The van der Waals surface area contributed by atoms with Crippen molar-refractivity contribution in [2.24, 2.45) is 0 Å². The fourth-order valence-corrected chi connectivity index (χ4v) is 3.54. The third kappa shape index (κ3) is 5.98. The molecule has 0 unspecified atom stereocenters. The van der Waals surface area contributed by atoms with Crippen LogP contribution in [0.4, 0.5) is 5.69 Å². The molecule has 7 nitrogen and oxygen atoms in total. The lowest BCUT2D eigenvalue weighted by Gasteiger charge is -2.35. The minimum Gasteiger partial charge on any atom is -0.488 e. The highest BCUT2D eigenvalue weighted by Gasteiger charge is 2.25. The van der Waals surface area contributed by atoms with Gasteiger partial charge in [-0.05, 0) is 31.5 Å². The molecule has 1 aliphatic heterocycles. The Morgan fingerprint density at radius 1 is 1.41 bits per heavy atom. The van der Waals surface area contributed by atoms with Crippen molar-refractivity contribution >= 4 is 23.2 Å². The van der Waals surface area contributed by atoms with Gasteiger partial charge >= 0.3 is 0 Å². The molecule has 1 aromatic heterocycles. The van der Waals surface area contributed by atoms with Gasteiger partial charge in [0.05, 0.1) is 29.1 Å². The summed E-state index contributed by atoms with van der Waals surface area (Å²) in [6, 6.07) is 5.66. The molecule has 0 spiro atoms. The molecule has 29 heavy (non-hydrogen) atoms. The van der Waals surface area contributed by atoms with Gasteiger partial charge in [-0.15, -0.1) is 0 Å². The van der Waals surface area contributed by atoms with Crippen LogP contribution in [0.3, 0.4) is 0 Å². The van der Waals surface area contributed by atoms with Crippen molar-refractivity contribution < 1.29 is 14.3 Å². The first kappa shape index (κ1) is 21.2. The zero-order chi connectivity index (χ0) is 20.8. The van der Waals surface area contributed by atoms with Crippen molar-refractivity contribution in [2.45, 2.75) is 39.1 Å². The molecule has 3 rings (SSSR count). The van der Waals surface area contributed by atoms with E-state index in [1.165, 1.54) is 0 Å². The molecular weight excluding hydrogens is 392 g/mol. The third-order valence-corrected chi connectivity index (χ3v) is 4.85. The van der Waals surface area contributed by atoms with Crippen LogP contribution in [0.1, 0.15) is 19.4 Å². The summed E-state index contributed by atoms with van der Waals surface area (Å²) in [6.07, 6.45) is 5.32. The standard InChI is InChI=1S/C21H27ClN4O3/c1-4-7-28-20-6-5-17(8-19(20)22)9-23-18-10-24-26(13-18)14-21(27)25-11-15(2)29-16(3)12-25/h4-6,8,10,13,15-16,23H,1,7,9,11-12,14H2,2-3H3/t15-,16+. The number of anilines is 1. The van der Waals surface area contributed by atoms with Crippen molar-refractivity contribution in [1.29, 1.82) is 0 Å². The monoisotopic (exact) mass is 418 g/mol. The topological polar surface area (TPSA) is 68.6 Å². The molecule has 0 saturated carbocycles. The number of amides is 1. The van der Waals surface area contributed by atoms with Crippen LogP contribution in [-0.2, 0) is 22.6 Å². The number of hydrogen-bond acceptors (Lipinski definition) is 5. The summed E-state index contributed by atoms with van der Waals surface area (Å²) in [4.78, 5) is 14.4. The second kappa shape index (κ2) is 9.80. The van der Waals surface area contributed by atoms with Crippen LogP contribution in [0.5, 0.6) is 5.75 Å². The number of carbonyl (C=O) groups excluding carboxylic acids is 1. The summed E-state index contributed by atoms with van der Waals surface area (Å²) in [5.41, 5.74) is 1.85. The smallest absolute Gasteiger partial charge is 0.244 e. The maximum absolute atomic E-state index is 12.5. The molecule has 0 radical (unpaired) electrons. The highest BCUT2D eigenvalue weighted by Crippen LogP contribution is 2.26. The van der Waals surface area contributed by atoms with Crippen molar-refractivity contribution in [3.05, 3.63) is 53.8 Å². The number of carbonyl (C=O) groups is 1. The molecule has 8 heteroatoms. The van der Waals surface area contributed by atoms with Crippen molar-refractivity contribution in [3.8, 4) is 5.75 Å². The molecule has 2 heterocycles. The maximum atomic E-state index is 12.5. The zero-order valence-electron chi connectivity index (χ0n) is 16.8. The number of nitrogens with one attached hydrogen (secondary N) is 1. The number of hydrogen-bond donors (Lipinski definition) is 1. The van der Waals surface area contributed by atoms with Crippen LogP contribution in [0.25, 0.3) is 0 Å². The largest absolute Gasteiger partial charge is 0.488 e. The Kier molecular flexibility index (Phi) is 7.17. The number of benzene rings is 1. The molecule has 1 amide bonds. The molecule has 1 fully saturated rings. The van der Waals surface area contributed by atoms with Crippen molar-refractivity contribution in [2.75, 3.05) is 25.0 Å². The average molecular weight is 419 g/mol. The van der Waals surface area contributed by atoms with E-state index in [9.17, 15) is 4.79 Å². The average Bonchev–Trinajstić information content (AvgIpc) is 3.12. The van der Waals surface area contributed by atoms with E-state index in [1.54, 1.807) is 17.0 Å². The lowest BCUT2D eigenvalue weighted by Crippen LogP contribution is -2.49. The van der Waals surface area contributed by atoms with E-state index < -0.39 is 0 Å². The highest BCUT2D eigenvalue weighted by atomic mass is 35.5. The van der Waals surface area contributed by atoms with Crippen LogP contribution in [0, 0.1) is 0 Å². The Bertz CT molecular complexity index is 844. The van der Waals surface area contributed by atoms with Gasteiger partial charge in [0.25, 0.3) is 0 Å². The van der Waals surface area contributed by atoms with E-state index in [0.717, 1.165) is 11.3 Å². The minimum absolute atomic E-state index is 0.0449. The molecular formula is C21H27ClN4O3. The van der Waals surface area contributed by atoms with Crippen LogP contribution in [-0.4, -0.2) is 52.5 Å². The first-order chi connectivity index (χ1) is 13.9. The Hall–Kier alpha value is -2.51. The highest BCUT2D eigenvalue weighted by molar-refractivity contribution is 6.32. The Labute approximate surface area is 176 Å². The predicted molar refractivity (Wildman–Crippen MR) is 113 cm³/mol. The van der Waals surface area contributed by atoms with Crippen LogP contribution in [0.2, 0.25) is 5.02 Å². The minimum atomic E-state index is 0.0449. The summed E-state index contributed by atoms with van der Waals surface area (Å²) >= 11 is 6.25. The van der Waals surface area contributed by atoms with E-state index in [-0.39, 0.29) is 24.7 Å². The van der Waals surface area contributed by atoms with Crippen LogP contribution in [0.15, 0.2) is 43.2 Å². The first-order valence-corrected chi connectivity index (χ1v) is 10.0. The normalized spacial score (nSPS) is 19.1. The molecule has 1 aliphatic rings. The van der Waals surface area contributed by atoms with E-state index in [4.69, 9.17) is 21.1 Å². The van der Waals surface area contributed by atoms with Gasteiger partial charge in [0.2, 0.25) is 5.91 Å². The van der Waals surface area contributed by atoms with Gasteiger partial charge in [-0.2, -0.15) is 5.10 Å². The summed E-state index contributed by atoms with van der Waals surface area (Å²) in [6.45, 7) is 10.0.